The Morgan fingerprint density at radius 1 is 1.26 bits per heavy atom. The van der Waals surface area contributed by atoms with E-state index in [9.17, 15) is 0 Å². The molecule has 2 aliphatic rings. The van der Waals surface area contributed by atoms with Gasteiger partial charge in [0, 0.05) is 24.5 Å². The Kier molecular flexibility index (Phi) is 6.11. The van der Waals surface area contributed by atoms with Crippen molar-refractivity contribution >= 4 is 0 Å². The molecule has 2 fully saturated rings. The molecule has 19 heavy (non-hydrogen) atoms. The van der Waals surface area contributed by atoms with Crippen molar-refractivity contribution in [1.29, 1.82) is 0 Å². The van der Waals surface area contributed by atoms with Crippen LogP contribution in [0.2, 0.25) is 0 Å². The first-order valence-electron chi connectivity index (χ1n) is 8.25. The van der Waals surface area contributed by atoms with Crippen molar-refractivity contribution < 1.29 is 4.74 Å². The Balaban J connectivity index is 1.78. The summed E-state index contributed by atoms with van der Waals surface area (Å²) in [6.45, 7) is 12.4. The van der Waals surface area contributed by atoms with E-state index in [4.69, 9.17) is 4.74 Å². The van der Waals surface area contributed by atoms with Crippen molar-refractivity contribution in [1.82, 2.24) is 10.2 Å². The van der Waals surface area contributed by atoms with Gasteiger partial charge in [-0.15, -0.1) is 0 Å². The second kappa shape index (κ2) is 7.61. The number of hydrogen-bond donors (Lipinski definition) is 1. The maximum absolute atomic E-state index is 5.70. The SMILES string of the molecule is CCCNC1COCC1CN(CCC(C)C)C1CC1. The quantitative estimate of drug-likeness (QED) is 0.695. The zero-order valence-electron chi connectivity index (χ0n) is 13.0. The highest BCUT2D eigenvalue weighted by Gasteiger charge is 2.34. The highest BCUT2D eigenvalue weighted by atomic mass is 16.5. The number of nitrogens with one attached hydrogen (secondary N) is 1. The average Bonchev–Trinajstić information content (AvgIpc) is 3.13. The summed E-state index contributed by atoms with van der Waals surface area (Å²) >= 11 is 0. The molecule has 0 aromatic heterocycles. The standard InChI is InChI=1S/C16H32N2O/c1-4-8-17-16-12-19-11-14(16)10-18(15-5-6-15)9-7-13(2)3/h13-17H,4-12H2,1-3H3. The molecule has 1 saturated carbocycles. The molecule has 2 rings (SSSR count). The van der Waals surface area contributed by atoms with Crippen LogP contribution in [0.3, 0.4) is 0 Å². The van der Waals surface area contributed by atoms with Gasteiger partial charge in [-0.3, -0.25) is 4.90 Å². The molecule has 0 spiro atoms. The molecule has 0 radical (unpaired) electrons. The van der Waals surface area contributed by atoms with E-state index >= 15 is 0 Å². The van der Waals surface area contributed by atoms with Crippen LogP contribution in [0, 0.1) is 11.8 Å². The van der Waals surface area contributed by atoms with Crippen LogP contribution in [-0.2, 0) is 4.74 Å². The molecule has 3 heteroatoms. The van der Waals surface area contributed by atoms with Gasteiger partial charge in [-0.1, -0.05) is 20.8 Å². The number of ether oxygens (including phenoxy) is 1. The van der Waals surface area contributed by atoms with E-state index in [2.05, 4.69) is 31.0 Å². The lowest BCUT2D eigenvalue weighted by Crippen LogP contribution is -2.43. The third kappa shape index (κ3) is 5.05. The van der Waals surface area contributed by atoms with Crippen LogP contribution in [0.4, 0.5) is 0 Å². The van der Waals surface area contributed by atoms with E-state index < -0.39 is 0 Å². The second-order valence-electron chi connectivity index (χ2n) is 6.77. The molecule has 1 N–H and O–H groups in total. The third-order valence-electron chi connectivity index (χ3n) is 4.38. The molecular formula is C16H32N2O. The molecule has 1 heterocycles. The fourth-order valence-corrected chi connectivity index (χ4v) is 2.92. The van der Waals surface area contributed by atoms with Crippen LogP contribution >= 0.6 is 0 Å². The molecule has 1 aliphatic heterocycles. The van der Waals surface area contributed by atoms with Gasteiger partial charge in [-0.2, -0.15) is 0 Å². The van der Waals surface area contributed by atoms with Gasteiger partial charge in [-0.05, 0) is 44.7 Å². The van der Waals surface area contributed by atoms with Gasteiger partial charge >= 0.3 is 0 Å². The minimum absolute atomic E-state index is 0.584. The van der Waals surface area contributed by atoms with E-state index in [-0.39, 0.29) is 0 Å². The van der Waals surface area contributed by atoms with Gasteiger partial charge in [0.05, 0.1) is 13.2 Å². The number of nitrogens with zero attached hydrogens (tertiary/aromatic N) is 1. The summed E-state index contributed by atoms with van der Waals surface area (Å²) in [6.07, 6.45) is 5.37. The minimum Gasteiger partial charge on any atom is -0.379 e. The van der Waals surface area contributed by atoms with Gasteiger partial charge in [0.15, 0.2) is 0 Å². The van der Waals surface area contributed by atoms with Gasteiger partial charge in [0.25, 0.3) is 0 Å². The Bertz CT molecular complexity index is 253. The van der Waals surface area contributed by atoms with Gasteiger partial charge in [0.2, 0.25) is 0 Å². The summed E-state index contributed by atoms with van der Waals surface area (Å²) in [5, 5.41) is 3.66. The van der Waals surface area contributed by atoms with Crippen LogP contribution < -0.4 is 5.32 Å². The fourth-order valence-electron chi connectivity index (χ4n) is 2.92. The summed E-state index contributed by atoms with van der Waals surface area (Å²) in [4.78, 5) is 2.74. The second-order valence-corrected chi connectivity index (χ2v) is 6.77. The lowest BCUT2D eigenvalue weighted by molar-refractivity contribution is 0.161. The smallest absolute Gasteiger partial charge is 0.0623 e. The summed E-state index contributed by atoms with van der Waals surface area (Å²) < 4.78 is 5.70. The molecular weight excluding hydrogens is 236 g/mol. The van der Waals surface area contributed by atoms with Crippen molar-refractivity contribution in [2.75, 3.05) is 32.8 Å². The lowest BCUT2D eigenvalue weighted by atomic mass is 10.0. The van der Waals surface area contributed by atoms with Gasteiger partial charge in [-0.25, -0.2) is 0 Å². The third-order valence-corrected chi connectivity index (χ3v) is 4.38. The first-order chi connectivity index (χ1) is 9.20. The first-order valence-corrected chi connectivity index (χ1v) is 8.25. The molecule has 112 valence electrons. The van der Waals surface area contributed by atoms with E-state index in [0.717, 1.165) is 31.7 Å². The van der Waals surface area contributed by atoms with E-state index in [1.165, 1.54) is 38.8 Å². The average molecular weight is 268 g/mol. The fraction of sp³-hybridized carbons (Fsp3) is 1.00. The Labute approximate surface area is 119 Å². The summed E-state index contributed by atoms with van der Waals surface area (Å²) in [7, 11) is 0. The summed E-state index contributed by atoms with van der Waals surface area (Å²) in [6, 6.07) is 1.46. The number of rotatable bonds is 9. The largest absolute Gasteiger partial charge is 0.379 e. The highest BCUT2D eigenvalue weighted by Crippen LogP contribution is 2.29. The maximum atomic E-state index is 5.70. The van der Waals surface area contributed by atoms with Crippen LogP contribution in [-0.4, -0.2) is 49.8 Å². The topological polar surface area (TPSA) is 24.5 Å². The van der Waals surface area contributed by atoms with Crippen LogP contribution in [0.1, 0.15) is 46.5 Å². The van der Waals surface area contributed by atoms with E-state index in [1.54, 1.807) is 0 Å². The highest BCUT2D eigenvalue weighted by molar-refractivity contribution is 4.90. The predicted molar refractivity (Wildman–Crippen MR) is 80.4 cm³/mol. The molecule has 2 atom stereocenters. The zero-order valence-corrected chi connectivity index (χ0v) is 13.0. The predicted octanol–water partition coefficient (Wildman–Crippen LogP) is 2.51. The Morgan fingerprint density at radius 2 is 2.05 bits per heavy atom. The van der Waals surface area contributed by atoms with Crippen molar-refractivity contribution in [3.05, 3.63) is 0 Å². The molecule has 2 unspecified atom stereocenters. The normalized spacial score (nSPS) is 27.6. The Hall–Kier alpha value is -0.120. The van der Waals surface area contributed by atoms with Crippen LogP contribution in [0.15, 0.2) is 0 Å². The molecule has 3 nitrogen and oxygen atoms in total. The first kappa shape index (κ1) is 15.3. The molecule has 1 saturated heterocycles. The molecule has 0 aromatic rings. The molecule has 1 aliphatic carbocycles. The lowest BCUT2D eigenvalue weighted by Gasteiger charge is -2.28. The van der Waals surface area contributed by atoms with Crippen LogP contribution in [0.25, 0.3) is 0 Å². The Morgan fingerprint density at radius 3 is 2.68 bits per heavy atom. The van der Waals surface area contributed by atoms with Crippen molar-refractivity contribution in [2.24, 2.45) is 11.8 Å². The minimum atomic E-state index is 0.584. The maximum Gasteiger partial charge on any atom is 0.0623 e. The van der Waals surface area contributed by atoms with Crippen molar-refractivity contribution in [3.63, 3.8) is 0 Å². The van der Waals surface area contributed by atoms with E-state index in [1.807, 2.05) is 0 Å². The summed E-state index contributed by atoms with van der Waals surface area (Å²) in [5.74, 6) is 1.51. The molecule has 0 aromatic carbocycles. The number of hydrogen-bond acceptors (Lipinski definition) is 3. The molecule has 0 amide bonds. The van der Waals surface area contributed by atoms with Crippen molar-refractivity contribution in [2.45, 2.75) is 58.5 Å². The summed E-state index contributed by atoms with van der Waals surface area (Å²) in [5.41, 5.74) is 0. The monoisotopic (exact) mass is 268 g/mol. The van der Waals surface area contributed by atoms with Crippen LogP contribution in [0.5, 0.6) is 0 Å². The van der Waals surface area contributed by atoms with Gasteiger partial charge < -0.3 is 10.1 Å². The van der Waals surface area contributed by atoms with Gasteiger partial charge in [0.1, 0.15) is 0 Å². The van der Waals surface area contributed by atoms with E-state index in [0.29, 0.717) is 12.0 Å². The van der Waals surface area contributed by atoms with Crippen molar-refractivity contribution in [3.8, 4) is 0 Å². The zero-order chi connectivity index (χ0) is 13.7. The molecule has 0 bridgehead atoms.